The first-order valence-corrected chi connectivity index (χ1v) is 11.9. The molecule has 3 amide bonds. The third-order valence-corrected chi connectivity index (χ3v) is 5.51. The molecule has 2 aromatic carbocycles. The molecule has 0 aromatic heterocycles. The highest BCUT2D eigenvalue weighted by molar-refractivity contribution is 6.19. The van der Waals surface area contributed by atoms with Crippen molar-refractivity contribution >= 4 is 29.1 Å². The van der Waals surface area contributed by atoms with E-state index in [1.807, 2.05) is 25.1 Å². The molecule has 3 rings (SSSR count). The van der Waals surface area contributed by atoms with E-state index < -0.39 is 67.8 Å². The number of rotatable bonds is 7. The van der Waals surface area contributed by atoms with Crippen LogP contribution in [0.4, 0.5) is 32.0 Å². The highest BCUT2D eigenvalue weighted by Crippen LogP contribution is 2.27. The number of amides is 3. The summed E-state index contributed by atoms with van der Waals surface area (Å²) in [5, 5.41) is 5.07. The van der Waals surface area contributed by atoms with Crippen LogP contribution >= 0.6 is 0 Å². The van der Waals surface area contributed by atoms with E-state index in [1.165, 1.54) is 0 Å². The number of carbonyl (C=O) groups is 3. The van der Waals surface area contributed by atoms with Crippen molar-refractivity contribution in [2.45, 2.75) is 58.0 Å². The van der Waals surface area contributed by atoms with E-state index in [9.17, 15) is 40.7 Å². The molecular formula is C26H28F6N4O3. The second kappa shape index (κ2) is 13.3. The van der Waals surface area contributed by atoms with Gasteiger partial charge in [-0.05, 0) is 25.5 Å². The predicted octanol–water partition coefficient (Wildman–Crippen LogP) is 5.02. The fourth-order valence-electron chi connectivity index (χ4n) is 3.54. The molecule has 1 aliphatic heterocycles. The van der Waals surface area contributed by atoms with E-state index in [0.29, 0.717) is 22.5 Å². The van der Waals surface area contributed by atoms with E-state index in [0.717, 1.165) is 12.5 Å². The minimum Gasteiger partial charge on any atom is -0.370 e. The lowest BCUT2D eigenvalue weighted by Gasteiger charge is -2.19. The summed E-state index contributed by atoms with van der Waals surface area (Å²) in [6, 6.07) is 14.3. The molecule has 0 aliphatic carbocycles. The number of fused-ring (bicyclic) bond motifs is 1. The quantitative estimate of drug-likeness (QED) is 0.415. The van der Waals surface area contributed by atoms with Gasteiger partial charge in [0.1, 0.15) is 0 Å². The van der Waals surface area contributed by atoms with E-state index in [4.69, 9.17) is 5.73 Å². The average molecular weight is 559 g/mol. The summed E-state index contributed by atoms with van der Waals surface area (Å²) in [6.45, 7) is 2.98. The summed E-state index contributed by atoms with van der Waals surface area (Å²) in [4.78, 5) is 41.3. The predicted molar refractivity (Wildman–Crippen MR) is 133 cm³/mol. The van der Waals surface area contributed by atoms with Gasteiger partial charge in [0.25, 0.3) is 5.91 Å². The van der Waals surface area contributed by atoms with Crippen LogP contribution < -0.4 is 16.4 Å². The van der Waals surface area contributed by atoms with Gasteiger partial charge in [0, 0.05) is 36.3 Å². The second-order valence-electron chi connectivity index (χ2n) is 8.78. The minimum atomic E-state index is -4.51. The van der Waals surface area contributed by atoms with E-state index in [1.54, 1.807) is 30.3 Å². The molecule has 0 bridgehead atoms. The van der Waals surface area contributed by atoms with Crippen LogP contribution in [0.15, 0.2) is 53.5 Å². The third kappa shape index (κ3) is 10.4. The first-order chi connectivity index (χ1) is 18.1. The molecule has 0 saturated carbocycles. The van der Waals surface area contributed by atoms with Gasteiger partial charge in [0.2, 0.25) is 18.0 Å². The normalized spacial score (nSPS) is 15.9. The number of aliphatic imine (C=N–C) groups is 1. The van der Waals surface area contributed by atoms with E-state index >= 15 is 0 Å². The number of nitrogens with one attached hydrogen (secondary N) is 2. The van der Waals surface area contributed by atoms with Crippen molar-refractivity contribution in [3.63, 3.8) is 0 Å². The molecular weight excluding hydrogens is 530 g/mol. The number of halogens is 6. The fourth-order valence-corrected chi connectivity index (χ4v) is 3.54. The van der Waals surface area contributed by atoms with Crippen LogP contribution in [-0.4, -0.2) is 42.0 Å². The molecule has 1 heterocycles. The van der Waals surface area contributed by atoms with Gasteiger partial charge < -0.3 is 16.4 Å². The second-order valence-corrected chi connectivity index (χ2v) is 8.78. The summed E-state index contributed by atoms with van der Waals surface area (Å²) >= 11 is 0. The van der Waals surface area contributed by atoms with Crippen molar-refractivity contribution in [1.29, 1.82) is 0 Å². The summed E-state index contributed by atoms with van der Waals surface area (Å²) in [5.74, 6) is -3.83. The number of benzene rings is 2. The lowest BCUT2D eigenvalue weighted by molar-refractivity contribution is -0.143. The summed E-state index contributed by atoms with van der Waals surface area (Å²) in [5.41, 5.74) is 8.30. The number of aryl methyl sites for hydroxylation is 1. The highest BCUT2D eigenvalue weighted by atomic mass is 19.4. The molecule has 7 nitrogen and oxygen atoms in total. The van der Waals surface area contributed by atoms with E-state index in [-0.39, 0.29) is 0 Å². The SMILES string of the molecule is CCC(F)(F)F.Cc1cccc(C2=NC(NC(=O)C(CCC(F)(F)F)CC(N)=O)C(=O)Nc3ccccc32)c1. The minimum absolute atomic E-state index is 0.430. The van der Waals surface area contributed by atoms with Gasteiger partial charge in [-0.2, -0.15) is 26.3 Å². The molecule has 13 heteroatoms. The van der Waals surface area contributed by atoms with Gasteiger partial charge in [-0.15, -0.1) is 0 Å². The molecule has 0 spiro atoms. The Morgan fingerprint density at radius 3 is 2.26 bits per heavy atom. The van der Waals surface area contributed by atoms with Crippen molar-refractivity contribution in [2.75, 3.05) is 5.32 Å². The molecule has 212 valence electrons. The zero-order valence-electron chi connectivity index (χ0n) is 21.1. The molecule has 0 fully saturated rings. The first kappa shape index (κ1) is 31.3. The maximum absolute atomic E-state index is 12.8. The van der Waals surface area contributed by atoms with Crippen LogP contribution in [0.1, 0.15) is 49.3 Å². The van der Waals surface area contributed by atoms with Crippen LogP contribution in [0, 0.1) is 12.8 Å². The summed E-state index contributed by atoms with van der Waals surface area (Å²) in [7, 11) is 0. The van der Waals surface area contributed by atoms with Crippen molar-refractivity contribution < 1.29 is 40.7 Å². The van der Waals surface area contributed by atoms with Gasteiger partial charge in [0.15, 0.2) is 0 Å². The largest absolute Gasteiger partial charge is 0.389 e. The smallest absolute Gasteiger partial charge is 0.370 e. The van der Waals surface area contributed by atoms with Crippen molar-refractivity contribution in [3.05, 3.63) is 65.2 Å². The zero-order valence-corrected chi connectivity index (χ0v) is 21.1. The third-order valence-electron chi connectivity index (χ3n) is 5.51. The van der Waals surface area contributed by atoms with Crippen LogP contribution in [0.3, 0.4) is 0 Å². The van der Waals surface area contributed by atoms with E-state index in [2.05, 4.69) is 15.6 Å². The Morgan fingerprint density at radius 1 is 1.05 bits per heavy atom. The summed E-state index contributed by atoms with van der Waals surface area (Å²) in [6.07, 6.45) is -13.1. The van der Waals surface area contributed by atoms with Crippen molar-refractivity contribution in [2.24, 2.45) is 16.6 Å². The first-order valence-electron chi connectivity index (χ1n) is 11.9. The maximum Gasteiger partial charge on any atom is 0.389 e. The number of hydrogen-bond donors (Lipinski definition) is 3. The van der Waals surface area contributed by atoms with Crippen molar-refractivity contribution in [1.82, 2.24) is 5.32 Å². The van der Waals surface area contributed by atoms with Gasteiger partial charge in [-0.3, -0.25) is 14.4 Å². The number of nitrogens with zero attached hydrogens (tertiary/aromatic N) is 1. The Kier molecular flexibility index (Phi) is 10.6. The Bertz CT molecular complexity index is 1210. The molecule has 1 aliphatic rings. The number of para-hydroxylation sites is 1. The topological polar surface area (TPSA) is 114 Å². The lowest BCUT2D eigenvalue weighted by Crippen LogP contribution is -2.45. The van der Waals surface area contributed by atoms with Crippen LogP contribution in [0.25, 0.3) is 0 Å². The Labute approximate surface area is 220 Å². The standard InChI is InChI=1S/C23H23F3N4O3.C3H5F3/c1-13-5-4-6-14(11-13)19-16-7-2-3-8-17(16)28-22(33)20(29-19)30-21(32)15(12-18(27)31)9-10-23(24,25)26;1-2-3(4,5)6/h2-8,11,15,20H,9-10,12H2,1H3,(H2,27,31)(H,28,33)(H,30,32);2H2,1H3. The zero-order chi connectivity index (χ0) is 29.4. The Morgan fingerprint density at radius 2 is 1.69 bits per heavy atom. The average Bonchev–Trinajstić information content (AvgIpc) is 2.97. The van der Waals surface area contributed by atoms with Gasteiger partial charge >= 0.3 is 12.4 Å². The lowest BCUT2D eigenvalue weighted by atomic mass is 9.97. The number of anilines is 1. The molecule has 2 unspecified atom stereocenters. The Hall–Kier alpha value is -3.90. The number of alkyl halides is 6. The highest BCUT2D eigenvalue weighted by Gasteiger charge is 2.34. The molecule has 2 atom stereocenters. The van der Waals surface area contributed by atoms with Crippen LogP contribution in [0.2, 0.25) is 0 Å². The molecule has 0 radical (unpaired) electrons. The number of benzodiazepines with no additional fused rings is 1. The summed E-state index contributed by atoms with van der Waals surface area (Å²) < 4.78 is 70.4. The number of carbonyl (C=O) groups excluding carboxylic acids is 3. The maximum atomic E-state index is 12.8. The monoisotopic (exact) mass is 558 g/mol. The van der Waals surface area contributed by atoms with Crippen molar-refractivity contribution in [3.8, 4) is 0 Å². The number of hydrogen-bond acceptors (Lipinski definition) is 4. The molecule has 4 N–H and O–H groups in total. The number of primary amides is 1. The fraction of sp³-hybridized carbons (Fsp3) is 0.385. The van der Waals surface area contributed by atoms with Gasteiger partial charge in [0.05, 0.1) is 11.4 Å². The molecule has 39 heavy (non-hydrogen) atoms. The van der Waals surface area contributed by atoms with Crippen LogP contribution in [-0.2, 0) is 14.4 Å². The van der Waals surface area contributed by atoms with Gasteiger partial charge in [-0.1, -0.05) is 48.9 Å². The Balaban J connectivity index is 0.000000798. The molecule has 0 saturated heterocycles. The number of nitrogens with two attached hydrogens (primary N) is 1. The van der Waals surface area contributed by atoms with Crippen LogP contribution in [0.5, 0.6) is 0 Å². The molecule has 2 aromatic rings. The van der Waals surface area contributed by atoms with Gasteiger partial charge in [-0.25, -0.2) is 4.99 Å².